The molecule has 4 nitrogen and oxygen atoms in total. The van der Waals surface area contributed by atoms with Gasteiger partial charge in [-0.05, 0) is 19.4 Å². The summed E-state index contributed by atoms with van der Waals surface area (Å²) in [6.45, 7) is 3.90. The molecule has 1 unspecified atom stereocenters. The van der Waals surface area contributed by atoms with Gasteiger partial charge in [0.15, 0.2) is 0 Å². The third kappa shape index (κ3) is 3.21. The summed E-state index contributed by atoms with van der Waals surface area (Å²) in [6.07, 6.45) is 0.687. The topological polar surface area (TPSA) is 63.4 Å². The zero-order chi connectivity index (χ0) is 12.1. The molecule has 0 aliphatic carbocycles. The van der Waals surface area contributed by atoms with Gasteiger partial charge >= 0.3 is 0 Å². The molecule has 0 saturated heterocycles. The molecule has 0 heterocycles. The number of nitro benzene ring substituents is 1. The van der Waals surface area contributed by atoms with Gasteiger partial charge in [-0.2, -0.15) is 0 Å². The predicted molar refractivity (Wildman–Crippen MR) is 64.9 cm³/mol. The highest BCUT2D eigenvalue weighted by atomic mass is 32.2. The molecule has 0 bridgehead atoms. The highest BCUT2D eigenvalue weighted by Gasteiger charge is 2.15. The van der Waals surface area contributed by atoms with Gasteiger partial charge < -0.3 is 5.11 Å². The standard InChI is InChI=1S/C11H15NO3S/c1-8(6-7-13)16-11-5-3-4-10(9(11)2)12(14)15/h3-5,8,13H,6-7H2,1-2H3. The molecule has 0 aliphatic rings. The van der Waals surface area contributed by atoms with Crippen molar-refractivity contribution in [3.8, 4) is 0 Å². The predicted octanol–water partition coefficient (Wildman–Crippen LogP) is 2.77. The van der Waals surface area contributed by atoms with E-state index in [4.69, 9.17) is 5.11 Å². The van der Waals surface area contributed by atoms with Gasteiger partial charge in [0.1, 0.15) is 0 Å². The van der Waals surface area contributed by atoms with E-state index in [0.717, 1.165) is 4.90 Å². The van der Waals surface area contributed by atoms with Crippen LogP contribution in [0.15, 0.2) is 23.1 Å². The van der Waals surface area contributed by atoms with Crippen LogP contribution in [0, 0.1) is 17.0 Å². The van der Waals surface area contributed by atoms with Crippen molar-refractivity contribution in [2.45, 2.75) is 30.4 Å². The van der Waals surface area contributed by atoms with Crippen molar-refractivity contribution in [2.75, 3.05) is 6.61 Å². The van der Waals surface area contributed by atoms with Gasteiger partial charge in [0.05, 0.1) is 4.92 Å². The number of nitrogens with zero attached hydrogens (tertiary/aromatic N) is 1. The summed E-state index contributed by atoms with van der Waals surface area (Å²) in [7, 11) is 0. The minimum absolute atomic E-state index is 0.141. The molecule has 0 radical (unpaired) electrons. The molecule has 16 heavy (non-hydrogen) atoms. The number of nitro groups is 1. The molecule has 1 atom stereocenters. The van der Waals surface area contributed by atoms with Crippen LogP contribution in [-0.2, 0) is 0 Å². The second-order valence-corrected chi connectivity index (χ2v) is 5.08. The Labute approximate surface area is 98.8 Å². The highest BCUT2D eigenvalue weighted by Crippen LogP contribution is 2.32. The fourth-order valence-corrected chi connectivity index (χ4v) is 2.48. The first-order valence-electron chi connectivity index (χ1n) is 5.07. The summed E-state index contributed by atoms with van der Waals surface area (Å²) in [6, 6.07) is 5.08. The van der Waals surface area contributed by atoms with E-state index in [1.807, 2.05) is 13.0 Å². The second-order valence-electron chi connectivity index (χ2n) is 3.60. The van der Waals surface area contributed by atoms with E-state index in [0.29, 0.717) is 12.0 Å². The summed E-state index contributed by atoms with van der Waals surface area (Å²) < 4.78 is 0. The van der Waals surface area contributed by atoms with Crippen LogP contribution in [-0.4, -0.2) is 21.9 Å². The fourth-order valence-electron chi connectivity index (χ4n) is 1.39. The molecule has 0 aliphatic heterocycles. The number of rotatable bonds is 5. The number of benzene rings is 1. The highest BCUT2D eigenvalue weighted by molar-refractivity contribution is 8.00. The lowest BCUT2D eigenvalue weighted by molar-refractivity contribution is -0.385. The maximum atomic E-state index is 10.7. The lowest BCUT2D eigenvalue weighted by Gasteiger charge is -2.11. The Morgan fingerprint density at radius 2 is 2.25 bits per heavy atom. The fraction of sp³-hybridized carbons (Fsp3) is 0.455. The zero-order valence-corrected chi connectivity index (χ0v) is 10.2. The Hall–Kier alpha value is -1.07. The number of hydrogen-bond donors (Lipinski definition) is 1. The van der Waals surface area contributed by atoms with Crippen molar-refractivity contribution in [1.82, 2.24) is 0 Å². The average molecular weight is 241 g/mol. The first-order chi connectivity index (χ1) is 7.56. The lowest BCUT2D eigenvalue weighted by atomic mass is 10.2. The first kappa shape index (κ1) is 13.0. The van der Waals surface area contributed by atoms with Gasteiger partial charge in [0.2, 0.25) is 0 Å². The van der Waals surface area contributed by atoms with E-state index >= 15 is 0 Å². The van der Waals surface area contributed by atoms with Gasteiger partial charge in [0.25, 0.3) is 5.69 Å². The summed E-state index contributed by atoms with van der Waals surface area (Å²) >= 11 is 1.56. The molecule has 1 aromatic rings. The largest absolute Gasteiger partial charge is 0.396 e. The number of hydrogen-bond acceptors (Lipinski definition) is 4. The molecule has 5 heteroatoms. The Morgan fingerprint density at radius 3 is 2.81 bits per heavy atom. The smallest absolute Gasteiger partial charge is 0.273 e. The monoisotopic (exact) mass is 241 g/mol. The Balaban J connectivity index is 2.89. The summed E-state index contributed by atoms with van der Waals surface area (Å²) in [5.74, 6) is 0. The van der Waals surface area contributed by atoms with Gasteiger partial charge in [-0.3, -0.25) is 10.1 Å². The Bertz CT molecular complexity index is 381. The number of aliphatic hydroxyl groups is 1. The van der Waals surface area contributed by atoms with E-state index in [1.54, 1.807) is 24.8 Å². The third-order valence-corrected chi connectivity index (χ3v) is 3.65. The van der Waals surface area contributed by atoms with Crippen LogP contribution in [0.25, 0.3) is 0 Å². The molecule has 1 rings (SSSR count). The third-order valence-electron chi connectivity index (χ3n) is 2.32. The van der Waals surface area contributed by atoms with Crippen LogP contribution in [0.3, 0.4) is 0 Å². The van der Waals surface area contributed by atoms with Crippen LogP contribution in [0.4, 0.5) is 5.69 Å². The molecular formula is C11H15NO3S. The van der Waals surface area contributed by atoms with Crippen LogP contribution < -0.4 is 0 Å². The molecule has 1 aromatic carbocycles. The Kier molecular flexibility index (Phi) is 4.76. The van der Waals surface area contributed by atoms with Crippen molar-refractivity contribution in [2.24, 2.45) is 0 Å². The van der Waals surface area contributed by atoms with E-state index in [2.05, 4.69) is 0 Å². The maximum absolute atomic E-state index is 10.7. The SMILES string of the molecule is Cc1c(SC(C)CCO)cccc1[N+](=O)[O-]. The second kappa shape index (κ2) is 5.86. The lowest BCUT2D eigenvalue weighted by Crippen LogP contribution is -2.00. The maximum Gasteiger partial charge on any atom is 0.273 e. The molecule has 0 spiro atoms. The normalized spacial score (nSPS) is 12.4. The van der Waals surface area contributed by atoms with Gasteiger partial charge in [0, 0.05) is 28.4 Å². The van der Waals surface area contributed by atoms with Gasteiger partial charge in [-0.25, -0.2) is 0 Å². The summed E-state index contributed by atoms with van der Waals surface area (Å²) in [4.78, 5) is 11.3. The number of aliphatic hydroxyl groups excluding tert-OH is 1. The minimum atomic E-state index is -0.365. The summed E-state index contributed by atoms with van der Waals surface area (Å²) in [5, 5.41) is 19.8. The van der Waals surface area contributed by atoms with E-state index in [-0.39, 0.29) is 22.5 Å². The van der Waals surface area contributed by atoms with E-state index < -0.39 is 0 Å². The molecular weight excluding hydrogens is 226 g/mol. The molecule has 0 fully saturated rings. The minimum Gasteiger partial charge on any atom is -0.396 e. The quantitative estimate of drug-likeness (QED) is 0.489. The molecule has 88 valence electrons. The van der Waals surface area contributed by atoms with Crippen molar-refractivity contribution in [3.63, 3.8) is 0 Å². The van der Waals surface area contributed by atoms with Crippen molar-refractivity contribution < 1.29 is 10.0 Å². The van der Waals surface area contributed by atoms with Crippen molar-refractivity contribution >= 4 is 17.4 Å². The number of thioether (sulfide) groups is 1. The van der Waals surface area contributed by atoms with Crippen LogP contribution >= 0.6 is 11.8 Å². The van der Waals surface area contributed by atoms with Gasteiger partial charge in [-0.15, -0.1) is 11.8 Å². The molecule has 0 saturated carbocycles. The van der Waals surface area contributed by atoms with Gasteiger partial charge in [-0.1, -0.05) is 13.0 Å². The van der Waals surface area contributed by atoms with Crippen molar-refractivity contribution in [3.05, 3.63) is 33.9 Å². The van der Waals surface area contributed by atoms with Crippen LogP contribution in [0.1, 0.15) is 18.9 Å². The average Bonchev–Trinajstić information content (AvgIpc) is 2.21. The van der Waals surface area contributed by atoms with Crippen LogP contribution in [0.5, 0.6) is 0 Å². The zero-order valence-electron chi connectivity index (χ0n) is 9.34. The van der Waals surface area contributed by atoms with E-state index in [9.17, 15) is 10.1 Å². The first-order valence-corrected chi connectivity index (χ1v) is 5.95. The molecule has 0 amide bonds. The van der Waals surface area contributed by atoms with Crippen molar-refractivity contribution in [1.29, 1.82) is 0 Å². The molecule has 0 aromatic heterocycles. The van der Waals surface area contributed by atoms with Crippen LogP contribution in [0.2, 0.25) is 0 Å². The summed E-state index contributed by atoms with van der Waals surface area (Å²) in [5.41, 5.74) is 0.850. The van der Waals surface area contributed by atoms with E-state index in [1.165, 1.54) is 6.07 Å². The molecule has 1 N–H and O–H groups in total. The Morgan fingerprint density at radius 1 is 1.56 bits per heavy atom.